The van der Waals surface area contributed by atoms with Crippen LogP contribution in [0.25, 0.3) is 0 Å². The fraction of sp³-hybridized carbons (Fsp3) is 0.227. The van der Waals surface area contributed by atoms with E-state index in [-0.39, 0.29) is 24.2 Å². The maximum absolute atomic E-state index is 12.6. The van der Waals surface area contributed by atoms with Crippen LogP contribution in [0.15, 0.2) is 77.4 Å². The Kier molecular flexibility index (Phi) is 6.97. The maximum Gasteiger partial charge on any atom is 0.387 e. The van der Waals surface area contributed by atoms with E-state index in [4.69, 9.17) is 4.42 Å². The third-order valence-electron chi connectivity index (χ3n) is 4.42. The molecule has 29 heavy (non-hydrogen) atoms. The van der Waals surface area contributed by atoms with Crippen LogP contribution in [-0.2, 0) is 4.79 Å². The summed E-state index contributed by atoms with van der Waals surface area (Å²) in [5.74, 6) is 0.605. The number of alkyl halides is 2. The molecule has 2 atom stereocenters. The molecule has 7 heteroatoms. The van der Waals surface area contributed by atoms with Gasteiger partial charge < -0.3 is 14.5 Å². The molecule has 0 bridgehead atoms. The van der Waals surface area contributed by atoms with Gasteiger partial charge in [0.2, 0.25) is 5.91 Å². The van der Waals surface area contributed by atoms with E-state index in [1.165, 1.54) is 12.1 Å². The number of benzene rings is 2. The first kappa shape index (κ1) is 20.5. The summed E-state index contributed by atoms with van der Waals surface area (Å²) in [4.78, 5) is 12.6. The molecule has 0 fully saturated rings. The Labute approximate surface area is 167 Å². The zero-order chi connectivity index (χ0) is 20.6. The van der Waals surface area contributed by atoms with E-state index in [1.807, 2.05) is 43.3 Å². The number of nitrogens with one attached hydrogen (secondary N) is 2. The molecule has 2 aromatic carbocycles. The summed E-state index contributed by atoms with van der Waals surface area (Å²) in [7, 11) is 0. The predicted molar refractivity (Wildman–Crippen MR) is 105 cm³/mol. The Morgan fingerprint density at radius 1 is 1.00 bits per heavy atom. The fourth-order valence-electron chi connectivity index (χ4n) is 2.94. The van der Waals surface area contributed by atoms with Gasteiger partial charge in [-0.3, -0.25) is 10.1 Å². The third kappa shape index (κ3) is 5.89. The van der Waals surface area contributed by atoms with Crippen molar-refractivity contribution >= 4 is 5.91 Å². The van der Waals surface area contributed by atoms with Crippen LogP contribution in [0.2, 0.25) is 0 Å². The monoisotopic (exact) mass is 400 g/mol. The summed E-state index contributed by atoms with van der Waals surface area (Å²) >= 11 is 0. The largest absolute Gasteiger partial charge is 0.468 e. The number of furan rings is 1. The second kappa shape index (κ2) is 9.84. The standard InChI is InChI=1S/C22H22F2N2O3/c1-15(19-8-5-13-28-19)25-14-20(27)26-21(16-6-3-2-4-7-16)17-9-11-18(12-10-17)29-22(23)24/h2-13,15,21-22,25H,14H2,1H3,(H,26,27)/t15-,21+/m0/s1. The zero-order valence-electron chi connectivity index (χ0n) is 15.8. The Hall–Kier alpha value is -3.19. The Bertz CT molecular complexity index is 884. The lowest BCUT2D eigenvalue weighted by Crippen LogP contribution is -2.37. The molecule has 5 nitrogen and oxygen atoms in total. The topological polar surface area (TPSA) is 63.5 Å². The van der Waals surface area contributed by atoms with Crippen molar-refractivity contribution in [2.45, 2.75) is 25.6 Å². The molecule has 0 radical (unpaired) electrons. The first-order chi connectivity index (χ1) is 14.0. The minimum Gasteiger partial charge on any atom is -0.468 e. The number of ether oxygens (including phenoxy) is 1. The average molecular weight is 400 g/mol. The lowest BCUT2D eigenvalue weighted by molar-refractivity contribution is -0.120. The normalized spacial score (nSPS) is 13.1. The van der Waals surface area contributed by atoms with Gasteiger partial charge in [0, 0.05) is 0 Å². The Morgan fingerprint density at radius 2 is 1.69 bits per heavy atom. The molecule has 1 aromatic heterocycles. The van der Waals surface area contributed by atoms with Crippen LogP contribution < -0.4 is 15.4 Å². The average Bonchev–Trinajstić information content (AvgIpc) is 3.26. The molecular weight excluding hydrogens is 378 g/mol. The quantitative estimate of drug-likeness (QED) is 0.558. The molecular formula is C22H22F2N2O3. The van der Waals surface area contributed by atoms with Gasteiger partial charge in [0.25, 0.3) is 0 Å². The van der Waals surface area contributed by atoms with Crippen molar-refractivity contribution in [3.8, 4) is 5.75 Å². The van der Waals surface area contributed by atoms with Crippen LogP contribution in [0.3, 0.4) is 0 Å². The smallest absolute Gasteiger partial charge is 0.387 e. The molecule has 0 aliphatic rings. The van der Waals surface area contributed by atoms with Crippen LogP contribution in [-0.4, -0.2) is 19.1 Å². The highest BCUT2D eigenvalue weighted by Crippen LogP contribution is 2.25. The molecule has 0 aliphatic heterocycles. The van der Waals surface area contributed by atoms with E-state index in [1.54, 1.807) is 24.5 Å². The Balaban J connectivity index is 1.70. The van der Waals surface area contributed by atoms with E-state index in [0.29, 0.717) is 0 Å². The first-order valence-electron chi connectivity index (χ1n) is 9.19. The highest BCUT2D eigenvalue weighted by Gasteiger charge is 2.18. The number of halogens is 2. The number of carbonyl (C=O) groups excluding carboxylic acids is 1. The van der Waals surface area contributed by atoms with E-state index < -0.39 is 12.7 Å². The molecule has 2 N–H and O–H groups in total. The van der Waals surface area contributed by atoms with Gasteiger partial charge in [-0.05, 0) is 42.3 Å². The van der Waals surface area contributed by atoms with Crippen molar-refractivity contribution < 1.29 is 22.7 Å². The number of rotatable bonds is 9. The van der Waals surface area contributed by atoms with Gasteiger partial charge in [0.1, 0.15) is 11.5 Å². The first-order valence-corrected chi connectivity index (χ1v) is 9.19. The van der Waals surface area contributed by atoms with Crippen LogP contribution in [0.1, 0.15) is 35.9 Å². The molecule has 0 saturated carbocycles. The third-order valence-corrected chi connectivity index (χ3v) is 4.42. The van der Waals surface area contributed by atoms with E-state index in [0.717, 1.165) is 16.9 Å². The number of carbonyl (C=O) groups is 1. The van der Waals surface area contributed by atoms with Crippen molar-refractivity contribution in [3.63, 3.8) is 0 Å². The van der Waals surface area contributed by atoms with Crippen LogP contribution >= 0.6 is 0 Å². The summed E-state index contributed by atoms with van der Waals surface area (Å²) in [5, 5.41) is 6.10. The van der Waals surface area contributed by atoms with Gasteiger partial charge in [0.15, 0.2) is 0 Å². The molecule has 0 unspecified atom stereocenters. The molecule has 3 rings (SSSR count). The van der Waals surface area contributed by atoms with Crippen LogP contribution in [0.5, 0.6) is 5.75 Å². The summed E-state index contributed by atoms with van der Waals surface area (Å²) in [5.41, 5.74) is 1.63. The second-order valence-electron chi connectivity index (χ2n) is 6.48. The zero-order valence-corrected chi connectivity index (χ0v) is 15.8. The fourth-order valence-corrected chi connectivity index (χ4v) is 2.94. The molecule has 152 valence electrons. The lowest BCUT2D eigenvalue weighted by atomic mass is 9.98. The summed E-state index contributed by atoms with van der Waals surface area (Å²) in [6.45, 7) is -0.881. The molecule has 0 aliphatic carbocycles. The SMILES string of the molecule is C[C@H](NCC(=O)N[C@H](c1ccccc1)c1ccc(OC(F)F)cc1)c1ccco1. The lowest BCUT2D eigenvalue weighted by Gasteiger charge is -2.21. The highest BCUT2D eigenvalue weighted by atomic mass is 19.3. The summed E-state index contributed by atoms with van der Waals surface area (Å²) < 4.78 is 34.5. The van der Waals surface area contributed by atoms with Crippen molar-refractivity contribution in [3.05, 3.63) is 89.9 Å². The molecule has 1 amide bonds. The van der Waals surface area contributed by atoms with Crippen molar-refractivity contribution in [1.82, 2.24) is 10.6 Å². The number of hydrogen-bond donors (Lipinski definition) is 2. The second-order valence-corrected chi connectivity index (χ2v) is 6.48. The van der Waals surface area contributed by atoms with Crippen molar-refractivity contribution in [1.29, 1.82) is 0 Å². The van der Waals surface area contributed by atoms with Crippen molar-refractivity contribution in [2.75, 3.05) is 6.54 Å². The number of amides is 1. The molecule has 1 heterocycles. The van der Waals surface area contributed by atoms with Gasteiger partial charge in [-0.2, -0.15) is 8.78 Å². The van der Waals surface area contributed by atoms with Crippen LogP contribution in [0.4, 0.5) is 8.78 Å². The number of hydrogen-bond acceptors (Lipinski definition) is 4. The minimum atomic E-state index is -2.88. The van der Waals surface area contributed by atoms with Crippen LogP contribution in [0, 0.1) is 0 Å². The maximum atomic E-state index is 12.6. The van der Waals surface area contributed by atoms with E-state index >= 15 is 0 Å². The molecule has 0 saturated heterocycles. The highest BCUT2D eigenvalue weighted by molar-refractivity contribution is 5.79. The van der Waals surface area contributed by atoms with Gasteiger partial charge in [-0.25, -0.2) is 0 Å². The van der Waals surface area contributed by atoms with Crippen molar-refractivity contribution in [2.24, 2.45) is 0 Å². The van der Waals surface area contributed by atoms with E-state index in [2.05, 4.69) is 15.4 Å². The van der Waals surface area contributed by atoms with Gasteiger partial charge in [-0.1, -0.05) is 42.5 Å². The van der Waals surface area contributed by atoms with Gasteiger partial charge >= 0.3 is 6.61 Å². The Morgan fingerprint density at radius 3 is 2.31 bits per heavy atom. The minimum absolute atomic E-state index is 0.0656. The van der Waals surface area contributed by atoms with E-state index in [9.17, 15) is 13.6 Å². The van der Waals surface area contributed by atoms with Gasteiger partial charge in [0.05, 0.1) is 24.9 Å². The summed E-state index contributed by atoms with van der Waals surface area (Å²) in [6.07, 6.45) is 1.58. The van der Waals surface area contributed by atoms with Gasteiger partial charge in [-0.15, -0.1) is 0 Å². The predicted octanol–water partition coefficient (Wildman–Crippen LogP) is 4.44. The molecule has 3 aromatic rings. The summed E-state index contributed by atoms with van der Waals surface area (Å²) in [6, 6.07) is 18.8. The molecule has 0 spiro atoms.